The fraction of sp³-hybridized carbons (Fsp3) is 0.417. The second-order valence-electron chi connectivity index (χ2n) is 17.7. The average molecular weight is 1190 g/mol. The minimum absolute atomic E-state index is 0. The number of benzene rings is 3. The van der Waals surface area contributed by atoms with Crippen LogP contribution in [0, 0.1) is 0 Å². The number of likely N-dealkylation sites (tertiary alicyclic amines) is 1. The molecule has 7 atom stereocenters. The van der Waals surface area contributed by atoms with Gasteiger partial charge in [0, 0.05) is 56.3 Å². The smallest absolute Gasteiger partial charge is 0.726 e. The van der Waals surface area contributed by atoms with Crippen molar-refractivity contribution in [2.24, 2.45) is 5.73 Å². The molecule has 4 aromatic rings. The molecule has 79 heavy (non-hydrogen) atoms. The van der Waals surface area contributed by atoms with E-state index in [1.165, 1.54) is 54.7 Å². The van der Waals surface area contributed by atoms with Crippen LogP contribution in [0.25, 0.3) is 10.9 Å². The van der Waals surface area contributed by atoms with E-state index < -0.39 is 130 Å². The van der Waals surface area contributed by atoms with Gasteiger partial charge in [-0.15, -0.1) is 0 Å². The van der Waals surface area contributed by atoms with Crippen LogP contribution in [0.2, 0.25) is 0 Å². The number of aromatic nitrogens is 1. The largest absolute Gasteiger partial charge is 1.00 e. The summed E-state index contributed by atoms with van der Waals surface area (Å²) in [7, 11) is -10.4. The van der Waals surface area contributed by atoms with Crippen LogP contribution in [-0.4, -0.2) is 163 Å². The molecule has 418 valence electrons. The summed E-state index contributed by atoms with van der Waals surface area (Å²) in [5, 5.41) is 16.1. The first-order valence-corrected chi connectivity index (χ1v) is 29.2. The maximum Gasteiger partial charge on any atom is 1.00 e. The molecule has 1 aliphatic rings. The van der Waals surface area contributed by atoms with Gasteiger partial charge in [-0.25, -0.2) is 16.8 Å². The molecule has 0 aliphatic carbocycles. The minimum atomic E-state index is -5.34. The van der Waals surface area contributed by atoms with Crippen LogP contribution in [0.15, 0.2) is 85.1 Å². The van der Waals surface area contributed by atoms with Crippen molar-refractivity contribution in [2.75, 3.05) is 37.1 Å². The van der Waals surface area contributed by atoms with Crippen LogP contribution in [0.3, 0.4) is 0 Å². The number of carbonyl (C=O) groups is 8. The molecular weight excluding hydrogens is 1130 g/mol. The normalized spacial score (nSPS) is 16.0. The maximum atomic E-state index is 14.6. The molecule has 0 spiro atoms. The van der Waals surface area contributed by atoms with Gasteiger partial charge in [0.05, 0.1) is 12.6 Å². The van der Waals surface area contributed by atoms with Crippen molar-refractivity contribution < 1.29 is 132 Å². The molecule has 9 N–H and O–H groups in total. The van der Waals surface area contributed by atoms with E-state index in [0.717, 1.165) is 4.90 Å². The van der Waals surface area contributed by atoms with Gasteiger partial charge in [0.25, 0.3) is 10.4 Å². The zero-order chi connectivity index (χ0) is 56.5. The Morgan fingerprint density at radius 3 is 1.86 bits per heavy atom. The molecule has 25 nitrogen and oxygen atoms in total. The Bertz CT molecular complexity index is 2980. The topological polar surface area (TPSA) is 387 Å². The monoisotopic (exact) mass is 1190 g/mol. The van der Waals surface area contributed by atoms with E-state index in [0.29, 0.717) is 33.3 Å². The van der Waals surface area contributed by atoms with Gasteiger partial charge in [-0.1, -0.05) is 60.7 Å². The van der Waals surface area contributed by atoms with Crippen LogP contribution >= 0.6 is 23.5 Å². The molecule has 0 saturated carbocycles. The summed E-state index contributed by atoms with van der Waals surface area (Å²) in [6.07, 6.45) is 2.82. The number of para-hydroxylation sites is 1. The van der Waals surface area contributed by atoms with Gasteiger partial charge in [-0.2, -0.15) is 23.5 Å². The predicted octanol–water partition coefficient (Wildman–Crippen LogP) is -6.96. The van der Waals surface area contributed by atoms with Gasteiger partial charge >= 0.3 is 59.1 Å². The molecule has 5 rings (SSSR count). The van der Waals surface area contributed by atoms with Gasteiger partial charge in [0.2, 0.25) is 57.7 Å². The number of hydrogen-bond donors (Lipinski definition) is 8. The molecule has 0 bridgehead atoms. The van der Waals surface area contributed by atoms with E-state index in [2.05, 4.69) is 41.1 Å². The Morgan fingerprint density at radius 1 is 0.696 bits per heavy atom. The number of primary amides is 1. The molecule has 1 saturated heterocycles. The third kappa shape index (κ3) is 22.6. The first-order chi connectivity index (χ1) is 36.4. The third-order valence-electron chi connectivity index (χ3n) is 11.9. The van der Waals surface area contributed by atoms with Crippen LogP contribution < -0.4 is 101 Å². The number of nitrogens with zero attached hydrogens (tertiary/aromatic N) is 1. The summed E-state index contributed by atoms with van der Waals surface area (Å²) in [4.78, 5) is 113. The van der Waals surface area contributed by atoms with Crippen molar-refractivity contribution in [3.8, 4) is 5.75 Å². The number of amides is 8. The number of nitrogens with one attached hydrogen (secondary N) is 7. The fourth-order valence-electron chi connectivity index (χ4n) is 8.36. The van der Waals surface area contributed by atoms with Crippen LogP contribution in [0.5, 0.6) is 5.75 Å². The number of fused-ring (bicyclic) bond motifs is 1. The maximum absolute atomic E-state index is 14.6. The molecule has 3 aromatic carbocycles. The van der Waals surface area contributed by atoms with Crippen molar-refractivity contribution >= 4 is 102 Å². The number of carbonyl (C=O) groups excluding carboxylic acids is 8. The van der Waals surface area contributed by atoms with E-state index in [9.17, 15) is 64.3 Å². The van der Waals surface area contributed by atoms with E-state index >= 15 is 0 Å². The standard InChI is InChI=1S/C48H61N9O16S4.2Na/c1-28(58)52-39(22-30-13-15-32(16-14-30)72-76(66,67)68)45(62)54-36(17-19-74-2)44(61)51-26-42(59)53-40(23-31-25-50-35-12-8-7-11-34(31)35)46(63)55-37(18-20-75-3)48(65)57-27-33(73-77(69,70)71)24-41(57)47(64)56-38(43(49)60)21-29-9-5-4-6-10-29;;/h4-16,25,33,36-41,50H,17-24,26-27H2,1-3H3,(H2,49,60)(H,51,61)(H,52,58)(H,53,59)(H,54,62)(H,55,63)(H,56,64)(H,66,67,68)(H,69,70,71);;/q;2*+1/p-2/t33-,36+,37+,38+,39+,40+,41+;;/m1../s1. The van der Waals surface area contributed by atoms with Crippen molar-refractivity contribution in [3.05, 3.63) is 102 Å². The van der Waals surface area contributed by atoms with Gasteiger partial charge in [-0.05, 0) is 71.7 Å². The average Bonchev–Trinajstić information content (AvgIpc) is 4.04. The van der Waals surface area contributed by atoms with Crippen LogP contribution in [-0.2, 0) is 82.6 Å². The van der Waals surface area contributed by atoms with Crippen LogP contribution in [0.1, 0.15) is 42.9 Å². The van der Waals surface area contributed by atoms with Crippen LogP contribution in [0.4, 0.5) is 0 Å². The van der Waals surface area contributed by atoms with E-state index in [1.54, 1.807) is 73.3 Å². The number of aromatic amines is 1. The molecule has 0 unspecified atom stereocenters. The zero-order valence-electron chi connectivity index (χ0n) is 43.9. The summed E-state index contributed by atoms with van der Waals surface area (Å²) < 4.78 is 77.3. The minimum Gasteiger partial charge on any atom is -0.726 e. The summed E-state index contributed by atoms with van der Waals surface area (Å²) in [6, 6.07) is 12.6. The first kappa shape index (κ1) is 68.5. The van der Waals surface area contributed by atoms with E-state index in [1.807, 2.05) is 0 Å². The molecule has 0 radical (unpaired) electrons. The van der Waals surface area contributed by atoms with Crippen molar-refractivity contribution in [1.82, 2.24) is 41.8 Å². The number of thioether (sulfide) groups is 2. The predicted molar refractivity (Wildman–Crippen MR) is 281 cm³/mol. The molecule has 2 heterocycles. The van der Waals surface area contributed by atoms with Crippen molar-refractivity contribution in [2.45, 2.75) is 87.8 Å². The van der Waals surface area contributed by atoms with Crippen molar-refractivity contribution in [3.63, 3.8) is 0 Å². The quantitative estimate of drug-likeness (QED) is 0.0142. The molecule has 8 amide bonds. The summed E-state index contributed by atoms with van der Waals surface area (Å²) >= 11 is 2.66. The molecule has 1 aliphatic heterocycles. The summed E-state index contributed by atoms with van der Waals surface area (Å²) in [5.41, 5.74) is 7.97. The van der Waals surface area contributed by atoms with Gasteiger partial charge in [0.15, 0.2) is 0 Å². The third-order valence-corrected chi connectivity index (χ3v) is 14.1. The number of rotatable bonds is 29. The summed E-state index contributed by atoms with van der Waals surface area (Å²) in [6.45, 7) is -0.137. The second-order valence-corrected chi connectivity index (χ2v) is 21.7. The van der Waals surface area contributed by atoms with Gasteiger partial charge < -0.3 is 60.8 Å². The number of H-pyrrole nitrogens is 1. The number of hydrogen-bond acceptors (Lipinski definition) is 18. The first-order valence-electron chi connectivity index (χ1n) is 23.7. The Kier molecular flexibility index (Phi) is 28.3. The fourth-order valence-corrected chi connectivity index (χ4v) is 10.1. The number of nitrogens with two attached hydrogens (primary N) is 1. The van der Waals surface area contributed by atoms with E-state index in [-0.39, 0.29) is 103 Å². The molecule has 1 fully saturated rings. The molecule has 1 aromatic heterocycles. The Hall–Kier alpha value is -4.76. The second kappa shape index (κ2) is 32.6. The van der Waals surface area contributed by atoms with Gasteiger partial charge in [-0.3, -0.25) is 42.5 Å². The Balaban J connectivity index is 0.00000820. The SMILES string of the molecule is CSCC[C@H](NC(=O)[C@H](Cc1ccc(OS(=O)(=O)[O-])cc1)NC(C)=O)C(=O)NCC(=O)N[C@@H](Cc1c[nH]c2ccccc12)C(=O)N[C@@H](CCSC)C(=O)N1C[C@H](OS(=O)(=O)[O-])C[C@H]1C(=O)N[C@@H](Cc1ccccc1)C(N)=O.[Na+].[Na+]. The Morgan fingerprint density at radius 2 is 1.27 bits per heavy atom. The molecule has 31 heteroatoms. The van der Waals surface area contributed by atoms with Gasteiger partial charge in [0.1, 0.15) is 42.0 Å². The van der Waals surface area contributed by atoms with Crippen molar-refractivity contribution in [1.29, 1.82) is 0 Å². The Labute approximate surface area is 509 Å². The zero-order valence-corrected chi connectivity index (χ0v) is 51.2. The molecular formula is C48H59N9Na2O16S4. The summed E-state index contributed by atoms with van der Waals surface area (Å²) in [5.74, 6) is -6.31. The van der Waals surface area contributed by atoms with E-state index in [4.69, 9.17) is 9.92 Å².